The first-order chi connectivity index (χ1) is 12.8. The second-order valence-electron chi connectivity index (χ2n) is 6.32. The molecule has 0 heterocycles. The molecule has 0 radical (unpaired) electrons. The molecule has 0 fully saturated rings. The Labute approximate surface area is 171 Å². The number of carbonyl (C=O) groups excluding carboxylic acids is 1. The van der Waals surface area contributed by atoms with Crippen LogP contribution >= 0.6 is 23.8 Å². The zero-order valence-electron chi connectivity index (χ0n) is 16.1. The van der Waals surface area contributed by atoms with E-state index in [9.17, 15) is 4.79 Å². The number of aryl methyl sites for hydroxylation is 2. The van der Waals surface area contributed by atoms with Gasteiger partial charge in [-0.3, -0.25) is 0 Å². The lowest BCUT2D eigenvalue weighted by Crippen LogP contribution is -2.32. The lowest BCUT2D eigenvalue weighted by atomic mass is 9.99. The van der Waals surface area contributed by atoms with E-state index in [-0.39, 0.29) is 6.04 Å². The minimum Gasteiger partial charge on any atom is -0.462 e. The average Bonchev–Trinajstić information content (AvgIpc) is 2.62. The molecule has 0 saturated heterocycles. The zero-order chi connectivity index (χ0) is 20.0. The Morgan fingerprint density at radius 2 is 1.89 bits per heavy atom. The van der Waals surface area contributed by atoms with Crippen LogP contribution in [0.3, 0.4) is 0 Å². The molecule has 0 aliphatic heterocycles. The number of ether oxygens (including phenoxy) is 1. The summed E-state index contributed by atoms with van der Waals surface area (Å²) < 4.78 is 4.98. The van der Waals surface area contributed by atoms with Crippen molar-refractivity contribution in [3.8, 4) is 0 Å². The van der Waals surface area contributed by atoms with E-state index in [4.69, 9.17) is 28.6 Å². The minimum atomic E-state index is -0.435. The van der Waals surface area contributed by atoms with Crippen LogP contribution in [0.2, 0.25) is 5.02 Å². The summed E-state index contributed by atoms with van der Waals surface area (Å²) in [4.78, 5) is 11.8. The third kappa shape index (κ3) is 5.68. The molecule has 0 saturated carbocycles. The molecule has 0 aliphatic carbocycles. The molecule has 27 heavy (non-hydrogen) atoms. The van der Waals surface area contributed by atoms with E-state index in [1.807, 2.05) is 0 Å². The van der Waals surface area contributed by atoms with Crippen molar-refractivity contribution in [3.05, 3.63) is 63.7 Å². The van der Waals surface area contributed by atoms with Crippen LogP contribution < -0.4 is 10.6 Å². The molecule has 144 valence electrons. The molecule has 0 aromatic heterocycles. The smallest absolute Gasteiger partial charge is 0.339 e. The third-order valence-corrected chi connectivity index (χ3v) is 4.90. The van der Waals surface area contributed by atoms with Crippen molar-refractivity contribution >= 4 is 40.6 Å². The first kappa shape index (κ1) is 21.2. The normalized spacial score (nSPS) is 11.6. The Bertz CT molecular complexity index is 839. The number of nitrogens with one attached hydrogen (secondary N) is 2. The van der Waals surface area contributed by atoms with E-state index >= 15 is 0 Å². The standard InChI is InChI=1S/C21H25ClN2O2S/c1-5-19(15-8-7-13(3)14(4)11-15)24-21(27)23-16-9-10-17(18(22)12-16)20(25)26-6-2/h7-12,19H,5-6H2,1-4H3,(H2,23,24,27). The lowest BCUT2D eigenvalue weighted by Gasteiger charge is -2.21. The summed E-state index contributed by atoms with van der Waals surface area (Å²) in [5.74, 6) is -0.435. The van der Waals surface area contributed by atoms with Crippen LogP contribution in [0, 0.1) is 13.8 Å². The quantitative estimate of drug-likeness (QED) is 0.486. The number of hydrogen-bond acceptors (Lipinski definition) is 3. The maximum absolute atomic E-state index is 11.8. The highest BCUT2D eigenvalue weighted by molar-refractivity contribution is 7.80. The van der Waals surface area contributed by atoms with E-state index in [0.29, 0.717) is 28.0 Å². The molecular weight excluding hydrogens is 380 g/mol. The van der Waals surface area contributed by atoms with Crippen molar-refractivity contribution in [1.82, 2.24) is 5.32 Å². The highest BCUT2D eigenvalue weighted by Gasteiger charge is 2.14. The van der Waals surface area contributed by atoms with Crippen LogP contribution in [0.5, 0.6) is 0 Å². The van der Waals surface area contributed by atoms with Crippen LogP contribution in [-0.2, 0) is 4.74 Å². The monoisotopic (exact) mass is 404 g/mol. The molecule has 0 aliphatic rings. The zero-order valence-corrected chi connectivity index (χ0v) is 17.6. The van der Waals surface area contributed by atoms with Gasteiger partial charge in [-0.1, -0.05) is 36.7 Å². The summed E-state index contributed by atoms with van der Waals surface area (Å²) in [6, 6.07) is 11.6. The van der Waals surface area contributed by atoms with Gasteiger partial charge in [-0.05, 0) is 74.3 Å². The molecule has 1 unspecified atom stereocenters. The molecule has 0 spiro atoms. The van der Waals surface area contributed by atoms with Gasteiger partial charge >= 0.3 is 5.97 Å². The number of rotatable bonds is 6. The van der Waals surface area contributed by atoms with Gasteiger partial charge in [-0.15, -0.1) is 0 Å². The van der Waals surface area contributed by atoms with Gasteiger partial charge < -0.3 is 15.4 Å². The molecule has 6 heteroatoms. The van der Waals surface area contributed by atoms with Gasteiger partial charge in [0.25, 0.3) is 0 Å². The Kier molecular flexibility index (Phi) is 7.63. The highest BCUT2D eigenvalue weighted by atomic mass is 35.5. The van der Waals surface area contributed by atoms with E-state index in [1.54, 1.807) is 25.1 Å². The molecule has 2 rings (SSSR count). The summed E-state index contributed by atoms with van der Waals surface area (Å²) >= 11 is 11.6. The number of carbonyl (C=O) groups is 1. The summed E-state index contributed by atoms with van der Waals surface area (Å²) in [5.41, 5.74) is 4.77. The minimum absolute atomic E-state index is 0.110. The van der Waals surface area contributed by atoms with Crippen LogP contribution in [0.4, 0.5) is 5.69 Å². The van der Waals surface area contributed by atoms with Crippen LogP contribution in [-0.4, -0.2) is 17.7 Å². The van der Waals surface area contributed by atoms with E-state index in [1.165, 1.54) is 16.7 Å². The molecule has 0 bridgehead atoms. The van der Waals surface area contributed by atoms with Crippen molar-refractivity contribution in [2.75, 3.05) is 11.9 Å². The van der Waals surface area contributed by atoms with Crippen molar-refractivity contribution in [3.63, 3.8) is 0 Å². The summed E-state index contributed by atoms with van der Waals surface area (Å²) in [7, 11) is 0. The SMILES string of the molecule is CCOC(=O)c1ccc(NC(=S)NC(CC)c2ccc(C)c(C)c2)cc1Cl. The molecule has 4 nitrogen and oxygen atoms in total. The fraction of sp³-hybridized carbons (Fsp3) is 0.333. The Hall–Kier alpha value is -2.11. The molecule has 2 N–H and O–H groups in total. The number of hydrogen-bond donors (Lipinski definition) is 2. The molecular formula is C21H25ClN2O2S. The van der Waals surface area contributed by atoms with E-state index < -0.39 is 5.97 Å². The van der Waals surface area contributed by atoms with Gasteiger partial charge in [0.1, 0.15) is 0 Å². The van der Waals surface area contributed by atoms with Gasteiger partial charge in [0.05, 0.1) is 23.2 Å². The van der Waals surface area contributed by atoms with Gasteiger partial charge in [0.2, 0.25) is 0 Å². The van der Waals surface area contributed by atoms with Crippen LogP contribution in [0.15, 0.2) is 36.4 Å². The van der Waals surface area contributed by atoms with Crippen LogP contribution in [0.25, 0.3) is 0 Å². The molecule has 2 aromatic rings. The van der Waals surface area contributed by atoms with Gasteiger partial charge in [0.15, 0.2) is 5.11 Å². The van der Waals surface area contributed by atoms with Gasteiger partial charge in [0, 0.05) is 5.69 Å². The molecule has 0 amide bonds. The maximum atomic E-state index is 11.8. The van der Waals surface area contributed by atoms with Gasteiger partial charge in [-0.25, -0.2) is 4.79 Å². The topological polar surface area (TPSA) is 50.4 Å². The van der Waals surface area contributed by atoms with Crippen molar-refractivity contribution < 1.29 is 9.53 Å². The predicted molar refractivity (Wildman–Crippen MR) is 116 cm³/mol. The number of benzene rings is 2. The average molecular weight is 405 g/mol. The molecule has 2 aromatic carbocycles. The number of halogens is 1. The number of esters is 1. The largest absolute Gasteiger partial charge is 0.462 e. The molecule has 1 atom stereocenters. The highest BCUT2D eigenvalue weighted by Crippen LogP contribution is 2.23. The van der Waals surface area contributed by atoms with Crippen molar-refractivity contribution in [2.45, 2.75) is 40.2 Å². The number of anilines is 1. The maximum Gasteiger partial charge on any atom is 0.339 e. The van der Waals surface area contributed by atoms with Crippen molar-refractivity contribution in [2.24, 2.45) is 0 Å². The Morgan fingerprint density at radius 3 is 2.48 bits per heavy atom. The predicted octanol–water partition coefficient (Wildman–Crippen LogP) is 5.57. The van der Waals surface area contributed by atoms with Gasteiger partial charge in [-0.2, -0.15) is 0 Å². The third-order valence-electron chi connectivity index (χ3n) is 4.37. The fourth-order valence-corrected chi connectivity index (χ4v) is 3.21. The first-order valence-electron chi connectivity index (χ1n) is 8.97. The number of thiocarbonyl (C=S) groups is 1. The van der Waals surface area contributed by atoms with E-state index in [2.05, 4.69) is 49.6 Å². The fourth-order valence-electron chi connectivity index (χ4n) is 2.70. The first-order valence-corrected chi connectivity index (χ1v) is 9.75. The second kappa shape index (κ2) is 9.72. The van der Waals surface area contributed by atoms with Crippen molar-refractivity contribution in [1.29, 1.82) is 0 Å². The van der Waals surface area contributed by atoms with E-state index in [0.717, 1.165) is 6.42 Å². The summed E-state index contributed by atoms with van der Waals surface area (Å²) in [5, 5.41) is 7.29. The second-order valence-corrected chi connectivity index (χ2v) is 7.13. The Balaban J connectivity index is 2.06. The van der Waals surface area contributed by atoms with Crippen LogP contribution in [0.1, 0.15) is 53.4 Å². The summed E-state index contributed by atoms with van der Waals surface area (Å²) in [6.45, 7) is 8.38. The Morgan fingerprint density at radius 1 is 1.15 bits per heavy atom. The summed E-state index contributed by atoms with van der Waals surface area (Å²) in [6.07, 6.45) is 0.896. The lowest BCUT2D eigenvalue weighted by molar-refractivity contribution is 0.0526.